The van der Waals surface area contributed by atoms with Gasteiger partial charge in [-0.25, -0.2) is 4.90 Å². The van der Waals surface area contributed by atoms with Crippen molar-refractivity contribution in [3.8, 4) is 23.0 Å². The molecule has 0 saturated carbocycles. The van der Waals surface area contributed by atoms with Gasteiger partial charge in [-0.15, -0.1) is 0 Å². The van der Waals surface area contributed by atoms with Crippen molar-refractivity contribution in [3.05, 3.63) is 137 Å². The van der Waals surface area contributed by atoms with Crippen LogP contribution in [0.25, 0.3) is 43.1 Å². The Balaban J connectivity index is 0.00000427. The van der Waals surface area contributed by atoms with Crippen molar-refractivity contribution in [2.24, 2.45) is 0 Å². The molecule has 2 amide bonds. The number of carbonyl (C=O) groups is 2. The monoisotopic (exact) mass is 842 g/mol. The molecule has 0 atom stereocenters. The molecule has 9 rings (SSSR count). The second-order valence-electron chi connectivity index (χ2n) is 12.5. The van der Waals surface area contributed by atoms with Crippen molar-refractivity contribution in [1.29, 1.82) is 0 Å². The van der Waals surface area contributed by atoms with E-state index in [2.05, 4.69) is 15.9 Å². The third-order valence-electron chi connectivity index (χ3n) is 9.44. The van der Waals surface area contributed by atoms with Crippen LogP contribution in [0.15, 0.2) is 136 Å². The van der Waals surface area contributed by atoms with Crippen LogP contribution in [0.1, 0.15) is 20.7 Å². The molecule has 1 heterocycles. The van der Waals surface area contributed by atoms with E-state index in [1.807, 2.05) is 30.3 Å². The first-order valence-electron chi connectivity index (χ1n) is 16.1. The minimum atomic E-state index is -4.49. The predicted molar refractivity (Wildman–Crippen MR) is 206 cm³/mol. The van der Waals surface area contributed by atoms with E-state index in [4.69, 9.17) is 9.47 Å². The minimum Gasteiger partial charge on any atom is -0.457 e. The molecule has 1 aliphatic heterocycles. The Morgan fingerprint density at radius 1 is 0.509 bits per heavy atom. The zero-order valence-corrected chi connectivity index (χ0v) is 33.6. The molecule has 2 N–H and O–H groups in total. The van der Waals surface area contributed by atoms with Gasteiger partial charge in [-0.2, -0.15) is 16.8 Å². The number of benzene rings is 8. The van der Waals surface area contributed by atoms with Crippen molar-refractivity contribution in [2.75, 3.05) is 4.90 Å². The number of rotatable bonds is 7. The molecular weight excluding hydrogens is 821 g/mol. The number of anilines is 1. The molecule has 0 fully saturated rings. The normalized spacial score (nSPS) is 13.2. The van der Waals surface area contributed by atoms with Crippen LogP contribution in [0, 0.1) is 0 Å². The van der Waals surface area contributed by atoms with Gasteiger partial charge in [-0.05, 0) is 100 Å². The van der Waals surface area contributed by atoms with Crippen molar-refractivity contribution in [3.63, 3.8) is 0 Å². The third kappa shape index (κ3) is 6.06. The average Bonchev–Trinajstić information content (AvgIpc) is 3.14. The smallest absolute Gasteiger partial charge is 0.457 e. The van der Waals surface area contributed by atoms with Gasteiger partial charge in [0.05, 0.1) is 26.6 Å². The van der Waals surface area contributed by atoms with Crippen LogP contribution < -0.4 is 43.9 Å². The Bertz CT molecular complexity index is 2990. The van der Waals surface area contributed by atoms with E-state index in [0.29, 0.717) is 27.2 Å². The number of para-hydroxylation sites is 1. The predicted octanol–water partition coefficient (Wildman–Crippen LogP) is 6.38. The summed E-state index contributed by atoms with van der Waals surface area (Å²) in [6.45, 7) is 0. The summed E-state index contributed by atoms with van der Waals surface area (Å²) in [6, 6.07) is 31.4. The van der Waals surface area contributed by atoms with Crippen molar-refractivity contribution < 1.29 is 74.6 Å². The number of hydrogen-bond acceptors (Lipinski definition) is 8. The second kappa shape index (κ2) is 13.4. The number of halogens is 1. The first kappa shape index (κ1) is 37.0. The molecule has 0 aliphatic carbocycles. The molecule has 0 saturated heterocycles. The summed E-state index contributed by atoms with van der Waals surface area (Å²) in [5.74, 6) is -0.371. The number of ether oxygens (including phenoxy) is 2. The Morgan fingerprint density at radius 3 is 1.47 bits per heavy atom. The number of amides is 2. The van der Waals surface area contributed by atoms with Gasteiger partial charge in [0.25, 0.3) is 32.1 Å². The quantitative estimate of drug-likeness (QED) is 0.0605. The van der Waals surface area contributed by atoms with E-state index in [1.54, 1.807) is 42.5 Å². The van der Waals surface area contributed by atoms with Gasteiger partial charge in [-0.3, -0.25) is 18.7 Å². The van der Waals surface area contributed by atoms with E-state index in [-0.39, 0.29) is 73.5 Å². The fraction of sp³-hybridized carbons (Fsp3) is 0. The maximum atomic E-state index is 14.5. The van der Waals surface area contributed by atoms with E-state index >= 15 is 0 Å². The Kier molecular flexibility index (Phi) is 9.02. The van der Waals surface area contributed by atoms with Crippen LogP contribution in [0.2, 0.25) is 0 Å². The van der Waals surface area contributed by atoms with Crippen LogP contribution in [-0.2, 0) is 20.2 Å². The number of carbonyl (C=O) groups excluding carboxylic acids is 2. The van der Waals surface area contributed by atoms with Gasteiger partial charge in [0.15, 0.2) is 0 Å². The van der Waals surface area contributed by atoms with Gasteiger partial charge in [0.1, 0.15) is 23.0 Å². The third-order valence-corrected chi connectivity index (χ3v) is 11.9. The standard InChI is InChI=1S/C40H22BrNO10S2.Na/c41-31-18-17-28-34-26(31)7-4-8-27(34)36-32(51-22-9-13-24(14-10-22)53(45,46)47)19-29-35-30(40(44)42(39(29)43)21-5-2-1-3-6-21)20-33(37(28)38(35)36)52-23-11-15-25(16-12-23)54(48,49)50;/h1-20H,(H,45,46,47)(H,48,49,50);/q;+1. The molecule has 0 unspecified atom stereocenters. The zero-order chi connectivity index (χ0) is 37.7. The summed E-state index contributed by atoms with van der Waals surface area (Å²) < 4.78 is 80.1. The molecule has 55 heavy (non-hydrogen) atoms. The van der Waals surface area contributed by atoms with Gasteiger partial charge < -0.3 is 9.47 Å². The molecule has 1 aliphatic rings. The van der Waals surface area contributed by atoms with Crippen molar-refractivity contribution in [1.82, 2.24) is 0 Å². The molecule has 0 radical (unpaired) electrons. The Morgan fingerprint density at radius 2 is 0.982 bits per heavy atom. The Labute approximate surface area is 343 Å². The molecule has 0 bridgehead atoms. The largest absolute Gasteiger partial charge is 1.00 e. The van der Waals surface area contributed by atoms with E-state index in [1.165, 1.54) is 48.5 Å². The molecular formula is C40H22BrNNaO10S2+. The SMILES string of the molecule is O=C1c2cc(Oc3ccc(S(=O)(=O)O)cc3)c3c4cccc5c(Br)ccc(c6c(Oc7ccc(S(=O)(=O)O)cc7)cc(c2c36)C(=O)N1c1ccccc1)c54.[Na+]. The van der Waals surface area contributed by atoms with Crippen molar-refractivity contribution in [2.45, 2.75) is 9.79 Å². The first-order chi connectivity index (χ1) is 25.8. The van der Waals surface area contributed by atoms with Gasteiger partial charge in [0.2, 0.25) is 0 Å². The molecule has 8 aromatic rings. The molecule has 11 nitrogen and oxygen atoms in total. The van der Waals surface area contributed by atoms with Gasteiger partial charge in [0, 0.05) is 26.0 Å². The number of imide groups is 1. The number of fused-ring (bicyclic) bond motifs is 2. The maximum absolute atomic E-state index is 14.5. The fourth-order valence-electron chi connectivity index (χ4n) is 7.17. The van der Waals surface area contributed by atoms with E-state index < -0.39 is 32.1 Å². The maximum Gasteiger partial charge on any atom is 1.00 e. The summed E-state index contributed by atoms with van der Waals surface area (Å²) in [5, 5.41) is 5.00. The van der Waals surface area contributed by atoms with E-state index in [0.717, 1.165) is 30.9 Å². The van der Waals surface area contributed by atoms with Crippen LogP contribution >= 0.6 is 15.9 Å². The fourth-order valence-corrected chi connectivity index (χ4v) is 8.59. The average molecular weight is 844 g/mol. The van der Waals surface area contributed by atoms with Crippen LogP contribution in [0.4, 0.5) is 5.69 Å². The molecule has 0 aromatic heterocycles. The molecule has 0 spiro atoms. The summed E-state index contributed by atoms with van der Waals surface area (Å²) in [6.07, 6.45) is 0. The number of nitrogens with zero attached hydrogens (tertiary/aromatic N) is 1. The first-order valence-corrected chi connectivity index (χ1v) is 19.8. The minimum absolute atomic E-state index is 0. The van der Waals surface area contributed by atoms with Gasteiger partial charge >= 0.3 is 29.6 Å². The van der Waals surface area contributed by atoms with Crippen molar-refractivity contribution >= 4 is 96.8 Å². The number of hydrogen-bond donors (Lipinski definition) is 2. The van der Waals surface area contributed by atoms with Crippen LogP contribution in [-0.4, -0.2) is 37.8 Å². The molecule has 266 valence electrons. The summed E-state index contributed by atoms with van der Waals surface area (Å²) in [7, 11) is -8.97. The summed E-state index contributed by atoms with van der Waals surface area (Å²) in [5.41, 5.74) is 0.655. The van der Waals surface area contributed by atoms with Gasteiger partial charge in [-0.1, -0.05) is 58.4 Å². The molecule has 8 aromatic carbocycles. The summed E-state index contributed by atoms with van der Waals surface area (Å²) in [4.78, 5) is 29.4. The van der Waals surface area contributed by atoms with Crippen LogP contribution in [0.3, 0.4) is 0 Å². The zero-order valence-electron chi connectivity index (χ0n) is 28.3. The second-order valence-corrected chi connectivity index (χ2v) is 16.2. The Hall–Kier alpha value is -4.90. The van der Waals surface area contributed by atoms with E-state index in [9.17, 15) is 35.5 Å². The molecule has 15 heteroatoms. The summed E-state index contributed by atoms with van der Waals surface area (Å²) >= 11 is 3.68. The van der Waals surface area contributed by atoms with Crippen LogP contribution in [0.5, 0.6) is 23.0 Å². The topological polar surface area (TPSA) is 165 Å².